The maximum atomic E-state index is 14.3. The normalized spacial score (nSPS) is 22.2. The van der Waals surface area contributed by atoms with E-state index in [1.54, 1.807) is 25.2 Å². The van der Waals surface area contributed by atoms with Crippen LogP contribution in [0, 0.1) is 5.41 Å². The van der Waals surface area contributed by atoms with Crippen LogP contribution in [0.15, 0.2) is 30.3 Å². The summed E-state index contributed by atoms with van der Waals surface area (Å²) in [5, 5.41) is 8.85. The van der Waals surface area contributed by atoms with E-state index in [4.69, 9.17) is 16.4 Å². The Kier molecular flexibility index (Phi) is 10.5. The van der Waals surface area contributed by atoms with Gasteiger partial charge in [-0.25, -0.2) is 4.79 Å². The number of halogens is 1. The van der Waals surface area contributed by atoms with Crippen LogP contribution in [0.3, 0.4) is 0 Å². The maximum absolute atomic E-state index is 14.3. The number of rotatable bonds is 11. The molecule has 2 fully saturated rings. The number of ketones is 1. The first kappa shape index (κ1) is 34.2. The van der Waals surface area contributed by atoms with Gasteiger partial charge in [0.1, 0.15) is 17.7 Å². The molecule has 0 radical (unpaired) electrons. The molecule has 1 aromatic rings. The van der Waals surface area contributed by atoms with Crippen molar-refractivity contribution in [2.45, 2.75) is 96.5 Å². The Labute approximate surface area is 269 Å². The van der Waals surface area contributed by atoms with Crippen LogP contribution in [0.2, 0.25) is 5.02 Å². The van der Waals surface area contributed by atoms with Crippen molar-refractivity contribution in [3.8, 4) is 0 Å². The lowest BCUT2D eigenvalue weighted by Gasteiger charge is -2.36. The number of likely N-dealkylation sites (tertiary alicyclic amines) is 1. The van der Waals surface area contributed by atoms with Gasteiger partial charge in [0, 0.05) is 36.6 Å². The van der Waals surface area contributed by atoms with Crippen LogP contribution in [-0.2, 0) is 24.0 Å². The molecule has 45 heavy (non-hydrogen) atoms. The van der Waals surface area contributed by atoms with E-state index in [0.717, 1.165) is 18.4 Å². The molecule has 2 aliphatic heterocycles. The molecule has 1 saturated heterocycles. The second-order valence-electron chi connectivity index (χ2n) is 13.2. The van der Waals surface area contributed by atoms with Crippen LogP contribution in [0.5, 0.6) is 0 Å². The number of carbonyl (C=O) groups is 5. The van der Waals surface area contributed by atoms with Gasteiger partial charge in [-0.05, 0) is 49.8 Å². The van der Waals surface area contributed by atoms with Crippen molar-refractivity contribution < 1.29 is 28.8 Å². The standard InChI is InChI=1S/C32H45ClN6O6/c1-7-10-22(25(40)28(42)34-21-13-14-21)35-27(41)24-17-32(16-23(37-45-32)19-11-9-12-20(33)15-19)18-39(24)29(43)26(31(3,4)5)36-30(44)38(6)8-2/h9,11-12,15-16,21-22,24,26,37H,7-8,10,13-14,17-18H2,1-6H3,(H,34,42)(H,35,41)(H,36,44)/t22-,24-,26+,32+/m0/s1. The molecule has 1 aliphatic carbocycles. The quantitative estimate of drug-likeness (QED) is 0.271. The van der Waals surface area contributed by atoms with Gasteiger partial charge < -0.3 is 25.8 Å². The number of Topliss-reactive ketones (excluding diaryl/α,β-unsaturated/α-hetero) is 1. The average Bonchev–Trinajstić information content (AvgIpc) is 3.58. The van der Waals surface area contributed by atoms with Crippen LogP contribution >= 0.6 is 11.6 Å². The molecule has 0 aromatic heterocycles. The first-order valence-corrected chi connectivity index (χ1v) is 16.0. The molecule has 1 spiro atoms. The van der Waals surface area contributed by atoms with E-state index in [1.807, 2.05) is 46.8 Å². The lowest BCUT2D eigenvalue weighted by molar-refractivity contribution is -0.144. The van der Waals surface area contributed by atoms with E-state index in [1.165, 1.54) is 9.80 Å². The van der Waals surface area contributed by atoms with Crippen LogP contribution < -0.4 is 21.4 Å². The summed E-state index contributed by atoms with van der Waals surface area (Å²) in [5.74, 6) is -2.48. The van der Waals surface area contributed by atoms with Crippen LogP contribution in [0.25, 0.3) is 5.70 Å². The monoisotopic (exact) mass is 644 g/mol. The van der Waals surface area contributed by atoms with Gasteiger partial charge >= 0.3 is 6.03 Å². The smallest absolute Gasteiger partial charge is 0.317 e. The van der Waals surface area contributed by atoms with Crippen molar-refractivity contribution in [1.82, 2.24) is 31.2 Å². The average molecular weight is 645 g/mol. The molecular weight excluding hydrogens is 600 g/mol. The van der Waals surface area contributed by atoms with E-state index < -0.39 is 58.7 Å². The summed E-state index contributed by atoms with van der Waals surface area (Å²) in [4.78, 5) is 75.9. The second-order valence-corrected chi connectivity index (χ2v) is 13.7. The third-order valence-corrected chi connectivity index (χ3v) is 8.63. The van der Waals surface area contributed by atoms with Gasteiger partial charge in [0.2, 0.25) is 17.6 Å². The van der Waals surface area contributed by atoms with Crippen molar-refractivity contribution in [3.05, 3.63) is 40.9 Å². The molecule has 1 saturated carbocycles. The highest BCUT2D eigenvalue weighted by molar-refractivity contribution is 6.38. The Morgan fingerprint density at radius 1 is 1.16 bits per heavy atom. The Morgan fingerprint density at radius 3 is 2.47 bits per heavy atom. The third-order valence-electron chi connectivity index (χ3n) is 8.39. The highest BCUT2D eigenvalue weighted by Gasteiger charge is 2.54. The molecule has 13 heteroatoms. The highest BCUT2D eigenvalue weighted by atomic mass is 35.5. The Morgan fingerprint density at radius 2 is 1.87 bits per heavy atom. The molecule has 0 bridgehead atoms. The van der Waals surface area contributed by atoms with Crippen molar-refractivity contribution >= 4 is 46.8 Å². The molecule has 5 amide bonds. The number of carbonyl (C=O) groups excluding carboxylic acids is 5. The zero-order valence-corrected chi connectivity index (χ0v) is 27.6. The minimum absolute atomic E-state index is 0.00160. The van der Waals surface area contributed by atoms with Gasteiger partial charge in [-0.2, -0.15) is 0 Å². The van der Waals surface area contributed by atoms with Crippen molar-refractivity contribution in [2.75, 3.05) is 20.1 Å². The summed E-state index contributed by atoms with van der Waals surface area (Å²) in [6, 6.07) is 3.68. The number of hydrogen-bond donors (Lipinski definition) is 4. The van der Waals surface area contributed by atoms with Crippen LogP contribution in [0.4, 0.5) is 4.79 Å². The van der Waals surface area contributed by atoms with E-state index in [2.05, 4.69) is 21.4 Å². The summed E-state index contributed by atoms with van der Waals surface area (Å²) in [5.41, 5.74) is 2.53. The highest BCUT2D eigenvalue weighted by Crippen LogP contribution is 2.39. The Balaban J connectivity index is 1.65. The van der Waals surface area contributed by atoms with Crippen molar-refractivity contribution in [2.24, 2.45) is 5.41 Å². The SMILES string of the molecule is CCC[C@H](NC(=O)[C@@H]1C[C@]2(C=C(c3cccc(Cl)c3)NO2)CN1C(=O)[C@@H](NC(=O)N(C)CC)C(C)(C)C)C(=O)C(=O)NC1CC1. The number of hydroxylamine groups is 1. The van der Waals surface area contributed by atoms with Crippen molar-refractivity contribution in [3.63, 3.8) is 0 Å². The minimum Gasteiger partial charge on any atom is -0.347 e. The van der Waals surface area contributed by atoms with Gasteiger partial charge in [0.15, 0.2) is 0 Å². The number of hydrogen-bond acceptors (Lipinski definition) is 7. The fraction of sp³-hybridized carbons (Fsp3) is 0.594. The van der Waals surface area contributed by atoms with E-state index >= 15 is 0 Å². The maximum Gasteiger partial charge on any atom is 0.317 e. The van der Waals surface area contributed by atoms with E-state index in [9.17, 15) is 24.0 Å². The molecule has 2 heterocycles. The second kappa shape index (κ2) is 13.8. The lowest BCUT2D eigenvalue weighted by atomic mass is 9.85. The first-order valence-electron chi connectivity index (χ1n) is 15.6. The van der Waals surface area contributed by atoms with E-state index in [-0.39, 0.29) is 25.4 Å². The van der Waals surface area contributed by atoms with Crippen molar-refractivity contribution in [1.29, 1.82) is 0 Å². The zero-order valence-electron chi connectivity index (χ0n) is 26.9. The fourth-order valence-corrected chi connectivity index (χ4v) is 5.67. The van der Waals surface area contributed by atoms with Crippen LogP contribution in [-0.4, -0.2) is 89.2 Å². The molecule has 12 nitrogen and oxygen atoms in total. The molecular formula is C32H45ClN6O6. The summed E-state index contributed by atoms with van der Waals surface area (Å²) in [6.07, 6.45) is 4.36. The molecule has 1 aromatic carbocycles. The summed E-state index contributed by atoms with van der Waals surface area (Å²) in [7, 11) is 1.63. The largest absolute Gasteiger partial charge is 0.347 e. The molecule has 4 rings (SSSR count). The number of nitrogens with zero attached hydrogens (tertiary/aromatic N) is 2. The molecule has 246 valence electrons. The molecule has 3 aliphatic rings. The van der Waals surface area contributed by atoms with Gasteiger partial charge in [-0.15, -0.1) is 0 Å². The first-order chi connectivity index (χ1) is 21.2. The Hall–Kier alpha value is -3.64. The van der Waals surface area contributed by atoms with Gasteiger partial charge in [0.05, 0.1) is 18.3 Å². The van der Waals surface area contributed by atoms with Gasteiger partial charge in [-0.1, -0.05) is 57.8 Å². The lowest BCUT2D eigenvalue weighted by Crippen LogP contribution is -2.60. The number of nitrogens with one attached hydrogen (secondary N) is 4. The Bertz CT molecular complexity index is 1360. The predicted octanol–water partition coefficient (Wildman–Crippen LogP) is 2.76. The summed E-state index contributed by atoms with van der Waals surface area (Å²) < 4.78 is 0. The number of amides is 5. The molecule has 4 atom stereocenters. The minimum atomic E-state index is -1.09. The third kappa shape index (κ3) is 8.15. The van der Waals surface area contributed by atoms with Gasteiger partial charge in [0.25, 0.3) is 5.91 Å². The zero-order chi connectivity index (χ0) is 33.1. The summed E-state index contributed by atoms with van der Waals surface area (Å²) >= 11 is 6.21. The van der Waals surface area contributed by atoms with E-state index in [0.29, 0.717) is 23.7 Å². The molecule has 0 unspecified atom stereocenters. The summed E-state index contributed by atoms with van der Waals surface area (Å²) in [6.45, 7) is 9.63. The number of urea groups is 1. The topological polar surface area (TPSA) is 149 Å². The van der Waals surface area contributed by atoms with Gasteiger partial charge in [-0.3, -0.25) is 29.5 Å². The number of benzene rings is 1. The fourth-order valence-electron chi connectivity index (χ4n) is 5.48. The molecule has 4 N–H and O–H groups in total. The predicted molar refractivity (Wildman–Crippen MR) is 170 cm³/mol. The van der Waals surface area contributed by atoms with Crippen LogP contribution in [0.1, 0.15) is 72.3 Å².